The zero-order valence-electron chi connectivity index (χ0n) is 15.4. The molecule has 0 spiro atoms. The largest absolute Gasteiger partial charge is 0.326 e. The third-order valence-electron chi connectivity index (χ3n) is 5.22. The monoisotopic (exact) mass is 368 g/mol. The number of carbonyl (C=O) groups is 2. The number of likely N-dealkylation sites (tertiary alicyclic amines) is 1. The van der Waals surface area contributed by atoms with Gasteiger partial charge in [0.25, 0.3) is 0 Å². The van der Waals surface area contributed by atoms with Crippen molar-refractivity contribution in [1.82, 2.24) is 19.6 Å². The number of likely N-dealkylation sites (N-methyl/N-ethyl adjacent to an activating group) is 1. The molecular weight excluding hydrogens is 344 g/mol. The molecule has 2 aliphatic rings. The first-order chi connectivity index (χ1) is 13.1. The van der Waals surface area contributed by atoms with Crippen LogP contribution in [0.15, 0.2) is 42.7 Å². The Hall–Kier alpha value is -3.03. The standard InChI is InChI=1S/C19H24N6O2/c1-22-11-12-25(19(22)27)16-6-2-5-15(13-16)21-18(26)24-10-3-7-17(24)14-23-9-4-8-20-23/h2,4-6,8-9,13,17H,3,7,10-12,14H2,1H3,(H,21,26)/t17-/m0/s1. The Labute approximate surface area is 158 Å². The highest BCUT2D eigenvalue weighted by atomic mass is 16.2. The van der Waals surface area contributed by atoms with E-state index in [1.165, 1.54) is 0 Å². The number of nitrogens with zero attached hydrogens (tertiary/aromatic N) is 5. The minimum Gasteiger partial charge on any atom is -0.326 e. The smallest absolute Gasteiger partial charge is 0.324 e. The Balaban J connectivity index is 1.43. The maximum atomic E-state index is 12.8. The van der Waals surface area contributed by atoms with E-state index in [4.69, 9.17) is 0 Å². The van der Waals surface area contributed by atoms with E-state index < -0.39 is 0 Å². The average Bonchev–Trinajstić information content (AvgIpc) is 3.39. The molecule has 4 rings (SSSR count). The second kappa shape index (κ2) is 7.30. The topological polar surface area (TPSA) is 73.7 Å². The number of carbonyl (C=O) groups excluding carboxylic acids is 2. The van der Waals surface area contributed by atoms with Crippen LogP contribution in [0.2, 0.25) is 0 Å². The van der Waals surface area contributed by atoms with Crippen molar-refractivity contribution in [3.8, 4) is 0 Å². The van der Waals surface area contributed by atoms with Gasteiger partial charge in [0.15, 0.2) is 0 Å². The lowest BCUT2D eigenvalue weighted by molar-refractivity contribution is 0.199. The molecule has 2 aromatic rings. The van der Waals surface area contributed by atoms with Crippen molar-refractivity contribution in [2.45, 2.75) is 25.4 Å². The molecule has 142 valence electrons. The minimum atomic E-state index is -0.105. The highest BCUT2D eigenvalue weighted by Crippen LogP contribution is 2.25. The molecule has 1 N–H and O–H groups in total. The lowest BCUT2D eigenvalue weighted by atomic mass is 10.2. The molecule has 0 bridgehead atoms. The molecule has 27 heavy (non-hydrogen) atoms. The van der Waals surface area contributed by atoms with Crippen LogP contribution in [0.4, 0.5) is 21.0 Å². The maximum absolute atomic E-state index is 12.8. The Morgan fingerprint density at radius 1 is 1.26 bits per heavy atom. The summed E-state index contributed by atoms with van der Waals surface area (Å²) < 4.78 is 1.87. The molecule has 4 amide bonds. The van der Waals surface area contributed by atoms with E-state index in [1.807, 2.05) is 46.1 Å². The Morgan fingerprint density at radius 2 is 2.15 bits per heavy atom. The summed E-state index contributed by atoms with van der Waals surface area (Å²) in [7, 11) is 1.79. The number of rotatable bonds is 4. The number of urea groups is 2. The van der Waals surface area contributed by atoms with Crippen LogP contribution in [0.3, 0.4) is 0 Å². The lowest BCUT2D eigenvalue weighted by Gasteiger charge is -2.25. The maximum Gasteiger partial charge on any atom is 0.324 e. The average molecular weight is 368 g/mol. The molecule has 3 heterocycles. The summed E-state index contributed by atoms with van der Waals surface area (Å²) in [4.78, 5) is 30.3. The lowest BCUT2D eigenvalue weighted by Crippen LogP contribution is -2.40. The first-order valence-corrected chi connectivity index (χ1v) is 9.29. The van der Waals surface area contributed by atoms with E-state index in [9.17, 15) is 9.59 Å². The first-order valence-electron chi connectivity index (χ1n) is 9.29. The van der Waals surface area contributed by atoms with Gasteiger partial charge in [0, 0.05) is 50.5 Å². The van der Waals surface area contributed by atoms with Crippen molar-refractivity contribution < 1.29 is 9.59 Å². The zero-order valence-corrected chi connectivity index (χ0v) is 15.4. The number of benzene rings is 1. The van der Waals surface area contributed by atoms with Gasteiger partial charge in [-0.2, -0.15) is 5.10 Å². The highest BCUT2D eigenvalue weighted by molar-refractivity contribution is 5.95. The Bertz CT molecular complexity index is 821. The molecule has 0 aliphatic carbocycles. The quantitative estimate of drug-likeness (QED) is 0.901. The molecule has 1 aromatic carbocycles. The minimum absolute atomic E-state index is 0.0164. The summed E-state index contributed by atoms with van der Waals surface area (Å²) in [6.07, 6.45) is 5.64. The van der Waals surface area contributed by atoms with Gasteiger partial charge in [-0.15, -0.1) is 0 Å². The van der Waals surface area contributed by atoms with Crippen LogP contribution in [0.1, 0.15) is 12.8 Å². The van der Waals surface area contributed by atoms with Gasteiger partial charge in [-0.3, -0.25) is 9.58 Å². The van der Waals surface area contributed by atoms with E-state index in [-0.39, 0.29) is 18.1 Å². The van der Waals surface area contributed by atoms with Gasteiger partial charge in [0.2, 0.25) is 0 Å². The van der Waals surface area contributed by atoms with Crippen molar-refractivity contribution in [1.29, 1.82) is 0 Å². The van der Waals surface area contributed by atoms with Crippen molar-refractivity contribution >= 4 is 23.4 Å². The number of nitrogens with one attached hydrogen (secondary N) is 1. The van der Waals surface area contributed by atoms with E-state index in [2.05, 4.69) is 10.4 Å². The molecular formula is C19H24N6O2. The van der Waals surface area contributed by atoms with Gasteiger partial charge >= 0.3 is 12.1 Å². The van der Waals surface area contributed by atoms with Crippen molar-refractivity contribution in [3.63, 3.8) is 0 Å². The molecule has 1 atom stereocenters. The van der Waals surface area contributed by atoms with Gasteiger partial charge in [-0.25, -0.2) is 9.59 Å². The fourth-order valence-electron chi connectivity index (χ4n) is 3.75. The van der Waals surface area contributed by atoms with E-state index in [0.717, 1.165) is 25.1 Å². The van der Waals surface area contributed by atoms with Gasteiger partial charge in [0.05, 0.1) is 12.6 Å². The van der Waals surface area contributed by atoms with Crippen LogP contribution in [-0.2, 0) is 6.54 Å². The summed E-state index contributed by atoms with van der Waals surface area (Å²) in [5.74, 6) is 0. The fraction of sp³-hybridized carbons (Fsp3) is 0.421. The third-order valence-corrected chi connectivity index (χ3v) is 5.22. The van der Waals surface area contributed by atoms with Crippen molar-refractivity contribution in [2.24, 2.45) is 0 Å². The van der Waals surface area contributed by atoms with E-state index in [1.54, 1.807) is 23.0 Å². The molecule has 2 aliphatic heterocycles. The predicted octanol–water partition coefficient (Wildman–Crippen LogP) is 2.45. The summed E-state index contributed by atoms with van der Waals surface area (Å²) in [6, 6.07) is 9.37. The summed E-state index contributed by atoms with van der Waals surface area (Å²) in [5, 5.41) is 7.23. The van der Waals surface area contributed by atoms with Gasteiger partial charge in [-0.05, 0) is 37.1 Å². The van der Waals surface area contributed by atoms with Crippen LogP contribution >= 0.6 is 0 Å². The van der Waals surface area contributed by atoms with Crippen LogP contribution in [0.25, 0.3) is 0 Å². The first kappa shape index (κ1) is 17.4. The molecule has 1 aromatic heterocycles. The second-order valence-electron chi connectivity index (χ2n) is 7.05. The van der Waals surface area contributed by atoms with E-state index in [0.29, 0.717) is 25.3 Å². The van der Waals surface area contributed by atoms with Crippen LogP contribution < -0.4 is 10.2 Å². The highest BCUT2D eigenvalue weighted by Gasteiger charge is 2.30. The summed E-state index contributed by atoms with van der Waals surface area (Å²) in [6.45, 7) is 2.81. The van der Waals surface area contributed by atoms with E-state index >= 15 is 0 Å². The number of aromatic nitrogens is 2. The normalized spacial score (nSPS) is 19.8. The molecule has 8 heteroatoms. The van der Waals surface area contributed by atoms with Crippen LogP contribution in [0, 0.1) is 0 Å². The second-order valence-corrected chi connectivity index (χ2v) is 7.05. The molecule has 2 fully saturated rings. The van der Waals surface area contributed by atoms with Gasteiger partial charge in [-0.1, -0.05) is 6.07 Å². The molecule has 2 saturated heterocycles. The van der Waals surface area contributed by atoms with Crippen LogP contribution in [-0.4, -0.2) is 64.4 Å². The number of hydrogen-bond acceptors (Lipinski definition) is 3. The fourth-order valence-corrected chi connectivity index (χ4v) is 3.75. The van der Waals surface area contributed by atoms with Gasteiger partial charge in [0.1, 0.15) is 0 Å². The number of anilines is 2. The Morgan fingerprint density at radius 3 is 2.89 bits per heavy atom. The number of amides is 4. The van der Waals surface area contributed by atoms with Crippen molar-refractivity contribution in [2.75, 3.05) is 36.9 Å². The predicted molar refractivity (Wildman–Crippen MR) is 103 cm³/mol. The molecule has 0 saturated carbocycles. The van der Waals surface area contributed by atoms with Gasteiger partial charge < -0.3 is 15.1 Å². The zero-order chi connectivity index (χ0) is 18.8. The molecule has 0 radical (unpaired) electrons. The number of hydrogen-bond donors (Lipinski definition) is 1. The molecule has 8 nitrogen and oxygen atoms in total. The van der Waals surface area contributed by atoms with Crippen molar-refractivity contribution in [3.05, 3.63) is 42.7 Å². The third kappa shape index (κ3) is 3.60. The molecule has 0 unspecified atom stereocenters. The summed E-state index contributed by atoms with van der Waals surface area (Å²) >= 11 is 0. The summed E-state index contributed by atoms with van der Waals surface area (Å²) in [5.41, 5.74) is 1.50. The Kier molecular flexibility index (Phi) is 4.70. The van der Waals surface area contributed by atoms with Crippen LogP contribution in [0.5, 0.6) is 0 Å². The SMILES string of the molecule is CN1CCN(c2cccc(NC(=O)N3CCC[C@H]3Cn3cccn3)c2)C1=O.